The number of nitrogens with zero attached hydrogens (tertiary/aromatic N) is 1. The van der Waals surface area contributed by atoms with Crippen LogP contribution in [0.2, 0.25) is 0 Å². The largest absolute Gasteiger partial charge is 0.355 e. The number of carbonyl (C=O) groups is 2. The summed E-state index contributed by atoms with van der Waals surface area (Å²) in [5.41, 5.74) is 1.89. The standard InChI is InChI=1S/C24H32N4O4S2/c1-15-11-16(2)13-28(12-15)34(31,32)18-7-5-17(6-8-18)22(29)26-24-21(23(30)25-3)19-9-10-27(4)14-20(19)33-24/h5-8,15-16H,9-14H2,1-4H3,(H,25,30)(H,26,29)/p+1/t15-,16-/m0/s1. The van der Waals surface area contributed by atoms with E-state index in [9.17, 15) is 18.0 Å². The summed E-state index contributed by atoms with van der Waals surface area (Å²) in [4.78, 5) is 28.3. The molecule has 0 bridgehead atoms. The van der Waals surface area contributed by atoms with Crippen LogP contribution in [0.1, 0.15) is 51.4 Å². The van der Waals surface area contributed by atoms with Gasteiger partial charge in [0.1, 0.15) is 11.5 Å². The third-order valence-corrected chi connectivity index (χ3v) is 9.62. The van der Waals surface area contributed by atoms with Crippen LogP contribution in [0, 0.1) is 11.8 Å². The fourth-order valence-corrected chi connectivity index (χ4v) is 8.01. The molecule has 2 aromatic rings. The van der Waals surface area contributed by atoms with Gasteiger partial charge in [0.25, 0.3) is 11.8 Å². The van der Waals surface area contributed by atoms with Gasteiger partial charge in [-0.15, -0.1) is 11.3 Å². The van der Waals surface area contributed by atoms with E-state index in [4.69, 9.17) is 0 Å². The van der Waals surface area contributed by atoms with Gasteiger partial charge in [-0.3, -0.25) is 9.59 Å². The van der Waals surface area contributed by atoms with Crippen LogP contribution in [0.25, 0.3) is 0 Å². The number of thiophene rings is 1. The highest BCUT2D eigenvalue weighted by atomic mass is 32.2. The van der Waals surface area contributed by atoms with E-state index in [0.29, 0.717) is 41.1 Å². The van der Waals surface area contributed by atoms with Crippen molar-refractivity contribution in [3.8, 4) is 0 Å². The number of piperidine rings is 1. The topological polar surface area (TPSA) is 100 Å². The second-order valence-electron chi connectivity index (χ2n) is 9.67. The lowest BCUT2D eigenvalue weighted by Gasteiger charge is -2.34. The van der Waals surface area contributed by atoms with Crippen LogP contribution in [-0.2, 0) is 23.0 Å². The molecule has 1 aromatic heterocycles. The van der Waals surface area contributed by atoms with Crippen molar-refractivity contribution < 1.29 is 22.9 Å². The molecule has 4 rings (SSSR count). The number of hydrogen-bond acceptors (Lipinski definition) is 5. The molecule has 0 aliphatic carbocycles. The van der Waals surface area contributed by atoms with Crippen LogP contribution in [0.5, 0.6) is 0 Å². The maximum atomic E-state index is 13.1. The zero-order chi connectivity index (χ0) is 24.6. The van der Waals surface area contributed by atoms with Crippen LogP contribution < -0.4 is 15.5 Å². The lowest BCUT2D eigenvalue weighted by Crippen LogP contribution is -3.08. The van der Waals surface area contributed by atoms with Crippen molar-refractivity contribution in [3.63, 3.8) is 0 Å². The molecule has 8 nitrogen and oxygen atoms in total. The van der Waals surface area contributed by atoms with Crippen molar-refractivity contribution >= 4 is 38.2 Å². The Labute approximate surface area is 205 Å². The molecule has 2 aliphatic heterocycles. The Morgan fingerprint density at radius 3 is 2.35 bits per heavy atom. The summed E-state index contributed by atoms with van der Waals surface area (Å²) in [5.74, 6) is 0.0552. The van der Waals surface area contributed by atoms with Gasteiger partial charge in [-0.1, -0.05) is 13.8 Å². The number of sulfonamides is 1. The number of fused-ring (bicyclic) bond motifs is 1. The zero-order valence-corrected chi connectivity index (χ0v) is 21.7. The van der Waals surface area contributed by atoms with Gasteiger partial charge < -0.3 is 15.5 Å². The number of quaternary nitrogens is 1. The average Bonchev–Trinajstić information content (AvgIpc) is 3.14. The first-order valence-corrected chi connectivity index (χ1v) is 13.9. The molecule has 3 atom stereocenters. The smallest absolute Gasteiger partial charge is 0.256 e. The molecule has 0 radical (unpaired) electrons. The maximum Gasteiger partial charge on any atom is 0.256 e. The van der Waals surface area contributed by atoms with Gasteiger partial charge in [0.05, 0.1) is 28.9 Å². The monoisotopic (exact) mass is 505 g/mol. The molecule has 1 saturated heterocycles. The third kappa shape index (κ3) is 4.91. The summed E-state index contributed by atoms with van der Waals surface area (Å²) < 4.78 is 27.8. The summed E-state index contributed by atoms with van der Waals surface area (Å²) >= 11 is 1.44. The molecule has 3 N–H and O–H groups in total. The van der Waals surface area contributed by atoms with Gasteiger partial charge in [-0.25, -0.2) is 8.42 Å². The SMILES string of the molecule is CNC(=O)c1c(NC(=O)c2ccc(S(=O)(=O)N3C[C@@H](C)C[C@H](C)C3)cc2)sc2c1CC[NH+](C)C2. The number of rotatable bonds is 5. The molecule has 10 heteroatoms. The number of amides is 2. The van der Waals surface area contributed by atoms with Gasteiger partial charge in [-0.05, 0) is 48.1 Å². The van der Waals surface area contributed by atoms with Crippen LogP contribution in [0.15, 0.2) is 29.2 Å². The molecule has 3 heterocycles. The van der Waals surface area contributed by atoms with Gasteiger partial charge in [0.15, 0.2) is 0 Å². The summed E-state index contributed by atoms with van der Waals surface area (Å²) in [5, 5.41) is 6.12. The fraction of sp³-hybridized carbons (Fsp3) is 0.500. The minimum Gasteiger partial charge on any atom is -0.355 e. The highest BCUT2D eigenvalue weighted by Crippen LogP contribution is 2.35. The Kier molecular flexibility index (Phi) is 7.14. The van der Waals surface area contributed by atoms with E-state index in [2.05, 4.69) is 31.5 Å². The first-order valence-electron chi connectivity index (χ1n) is 11.7. The molecule has 1 aromatic carbocycles. The Morgan fingerprint density at radius 1 is 1.09 bits per heavy atom. The summed E-state index contributed by atoms with van der Waals surface area (Å²) in [6.07, 6.45) is 1.81. The lowest BCUT2D eigenvalue weighted by molar-refractivity contribution is -0.895. The molecule has 0 saturated carbocycles. The molecular weight excluding hydrogens is 472 g/mol. The number of nitrogens with one attached hydrogen (secondary N) is 3. The van der Waals surface area contributed by atoms with Crippen LogP contribution in [-0.4, -0.2) is 58.3 Å². The molecule has 34 heavy (non-hydrogen) atoms. The van der Waals surface area contributed by atoms with E-state index in [1.54, 1.807) is 11.4 Å². The van der Waals surface area contributed by atoms with Crippen molar-refractivity contribution in [2.75, 3.05) is 39.0 Å². The number of benzene rings is 1. The number of hydrogen-bond donors (Lipinski definition) is 3. The van der Waals surface area contributed by atoms with Gasteiger partial charge in [0, 0.05) is 32.1 Å². The van der Waals surface area contributed by atoms with Crippen molar-refractivity contribution in [1.82, 2.24) is 9.62 Å². The first-order chi connectivity index (χ1) is 16.1. The highest BCUT2D eigenvalue weighted by molar-refractivity contribution is 7.89. The quantitative estimate of drug-likeness (QED) is 0.575. The minimum atomic E-state index is -3.61. The lowest BCUT2D eigenvalue weighted by atomic mass is 9.94. The Balaban J connectivity index is 1.54. The van der Waals surface area contributed by atoms with E-state index in [-0.39, 0.29) is 16.7 Å². The van der Waals surface area contributed by atoms with Crippen LogP contribution in [0.3, 0.4) is 0 Å². The van der Waals surface area contributed by atoms with E-state index >= 15 is 0 Å². The zero-order valence-electron chi connectivity index (χ0n) is 20.1. The molecule has 1 fully saturated rings. The molecule has 1 unspecified atom stereocenters. The molecule has 2 aliphatic rings. The van der Waals surface area contributed by atoms with E-state index in [0.717, 1.165) is 36.4 Å². The molecule has 184 valence electrons. The Morgan fingerprint density at radius 2 is 1.74 bits per heavy atom. The first kappa shape index (κ1) is 24.8. The van der Waals surface area contributed by atoms with E-state index < -0.39 is 10.0 Å². The van der Waals surface area contributed by atoms with Crippen LogP contribution in [0.4, 0.5) is 5.00 Å². The molecule has 2 amide bonds. The van der Waals surface area contributed by atoms with Crippen LogP contribution >= 0.6 is 11.3 Å². The number of anilines is 1. The summed E-state index contributed by atoms with van der Waals surface area (Å²) in [6, 6.07) is 6.05. The Hall–Kier alpha value is -2.27. The number of carbonyl (C=O) groups excluding carboxylic acids is 2. The predicted molar refractivity (Wildman–Crippen MR) is 133 cm³/mol. The van der Waals surface area contributed by atoms with Crippen molar-refractivity contribution in [1.29, 1.82) is 0 Å². The molecular formula is C24H33N4O4S2+. The minimum absolute atomic E-state index is 0.189. The van der Waals surface area contributed by atoms with Gasteiger partial charge in [-0.2, -0.15) is 4.31 Å². The van der Waals surface area contributed by atoms with Crippen molar-refractivity contribution in [2.45, 2.75) is 38.1 Å². The second kappa shape index (κ2) is 9.77. The number of likely N-dealkylation sites (N-methyl/N-ethyl adjacent to an activating group) is 1. The molecule has 0 spiro atoms. The van der Waals surface area contributed by atoms with E-state index in [1.807, 2.05) is 0 Å². The Bertz CT molecular complexity index is 1180. The van der Waals surface area contributed by atoms with E-state index in [1.165, 1.54) is 40.5 Å². The van der Waals surface area contributed by atoms with Crippen molar-refractivity contribution in [3.05, 3.63) is 45.8 Å². The summed E-state index contributed by atoms with van der Waals surface area (Å²) in [6.45, 7) is 6.92. The maximum absolute atomic E-state index is 13.1. The third-order valence-electron chi connectivity index (χ3n) is 6.63. The van der Waals surface area contributed by atoms with Crippen molar-refractivity contribution in [2.24, 2.45) is 11.8 Å². The van der Waals surface area contributed by atoms with Gasteiger partial charge in [0.2, 0.25) is 10.0 Å². The second-order valence-corrected chi connectivity index (χ2v) is 12.7. The predicted octanol–water partition coefficient (Wildman–Crippen LogP) is 1.60. The average molecular weight is 506 g/mol. The highest BCUT2D eigenvalue weighted by Gasteiger charge is 2.32. The normalized spacial score (nSPS) is 23.2. The fourth-order valence-electron chi connectivity index (χ4n) is 4.98. The van der Waals surface area contributed by atoms with Gasteiger partial charge >= 0.3 is 0 Å². The summed E-state index contributed by atoms with van der Waals surface area (Å²) in [7, 11) is 0.0874.